The Morgan fingerprint density at radius 3 is 3.00 bits per heavy atom. The van der Waals surface area contributed by atoms with E-state index in [0.717, 1.165) is 18.4 Å². The average molecular weight is 204 g/mol. The van der Waals surface area contributed by atoms with Gasteiger partial charge in [0.2, 0.25) is 5.91 Å². The first kappa shape index (κ1) is 9.71. The van der Waals surface area contributed by atoms with E-state index in [2.05, 4.69) is 10.5 Å². The number of hydrazone groups is 1. The van der Waals surface area contributed by atoms with Gasteiger partial charge in [-0.05, 0) is 30.5 Å². The monoisotopic (exact) mass is 204 g/mol. The Labute approximate surface area is 87.6 Å². The molecule has 0 aromatic heterocycles. The van der Waals surface area contributed by atoms with Gasteiger partial charge in [0.15, 0.2) is 0 Å². The van der Waals surface area contributed by atoms with Crippen LogP contribution in [0.4, 0.5) is 0 Å². The minimum atomic E-state index is -0.0218. The zero-order chi connectivity index (χ0) is 10.7. The van der Waals surface area contributed by atoms with Gasteiger partial charge < -0.3 is 5.11 Å². The molecule has 0 saturated heterocycles. The third kappa shape index (κ3) is 2.80. The van der Waals surface area contributed by atoms with Crippen molar-refractivity contribution < 1.29 is 9.90 Å². The zero-order valence-electron chi connectivity index (χ0n) is 8.18. The summed E-state index contributed by atoms with van der Waals surface area (Å²) >= 11 is 0. The van der Waals surface area contributed by atoms with Crippen molar-refractivity contribution in [2.75, 3.05) is 0 Å². The fourth-order valence-electron chi connectivity index (χ4n) is 1.21. The topological polar surface area (TPSA) is 61.7 Å². The van der Waals surface area contributed by atoms with Crippen molar-refractivity contribution in [1.29, 1.82) is 0 Å². The molecule has 1 aromatic rings. The van der Waals surface area contributed by atoms with Crippen molar-refractivity contribution >= 4 is 12.1 Å². The van der Waals surface area contributed by atoms with Gasteiger partial charge >= 0.3 is 0 Å². The van der Waals surface area contributed by atoms with Gasteiger partial charge in [-0.3, -0.25) is 4.79 Å². The van der Waals surface area contributed by atoms with Crippen LogP contribution in [-0.4, -0.2) is 17.2 Å². The number of phenols is 1. The van der Waals surface area contributed by atoms with Crippen molar-refractivity contribution in [2.45, 2.75) is 12.8 Å². The number of carbonyl (C=O) groups excluding carboxylic acids is 1. The molecule has 0 radical (unpaired) electrons. The van der Waals surface area contributed by atoms with Crippen molar-refractivity contribution in [2.24, 2.45) is 11.0 Å². The molecule has 1 aliphatic rings. The fraction of sp³-hybridized carbons (Fsp3) is 0.273. The molecule has 1 aromatic carbocycles. The summed E-state index contributed by atoms with van der Waals surface area (Å²) in [7, 11) is 0. The molecule has 0 bridgehead atoms. The maximum Gasteiger partial charge on any atom is 0.243 e. The van der Waals surface area contributed by atoms with Crippen LogP contribution in [0, 0.1) is 5.92 Å². The predicted molar refractivity (Wildman–Crippen MR) is 56.6 cm³/mol. The molecule has 78 valence electrons. The molecule has 1 saturated carbocycles. The molecular formula is C11H12N2O2. The molecule has 2 rings (SSSR count). The molecular weight excluding hydrogens is 192 g/mol. The SMILES string of the molecule is O=C(NN=Cc1cccc(O)c1)C1CC1. The summed E-state index contributed by atoms with van der Waals surface area (Å²) in [5, 5.41) is 13.0. The number of nitrogens with zero attached hydrogens (tertiary/aromatic N) is 1. The third-order valence-electron chi connectivity index (χ3n) is 2.21. The Bertz CT molecular complexity index is 397. The van der Waals surface area contributed by atoms with E-state index in [9.17, 15) is 9.90 Å². The molecule has 2 N–H and O–H groups in total. The molecule has 0 aliphatic heterocycles. The molecule has 0 spiro atoms. The van der Waals surface area contributed by atoms with Crippen LogP contribution in [0.25, 0.3) is 0 Å². The van der Waals surface area contributed by atoms with Crippen molar-refractivity contribution in [3.05, 3.63) is 29.8 Å². The van der Waals surface area contributed by atoms with Crippen LogP contribution >= 0.6 is 0 Å². The molecule has 0 heterocycles. The molecule has 1 fully saturated rings. The number of hydrogen-bond donors (Lipinski definition) is 2. The quantitative estimate of drug-likeness (QED) is 0.575. The van der Waals surface area contributed by atoms with Crippen LogP contribution in [0.5, 0.6) is 5.75 Å². The van der Waals surface area contributed by atoms with Crippen molar-refractivity contribution in [3.63, 3.8) is 0 Å². The number of hydrogen-bond acceptors (Lipinski definition) is 3. The molecule has 1 amide bonds. The highest BCUT2D eigenvalue weighted by molar-refractivity contribution is 5.84. The van der Waals surface area contributed by atoms with E-state index in [-0.39, 0.29) is 17.6 Å². The molecule has 0 unspecified atom stereocenters. The first-order valence-corrected chi connectivity index (χ1v) is 4.87. The van der Waals surface area contributed by atoms with Gasteiger partial charge in [-0.1, -0.05) is 12.1 Å². The molecule has 4 heteroatoms. The fourth-order valence-corrected chi connectivity index (χ4v) is 1.21. The third-order valence-corrected chi connectivity index (χ3v) is 2.21. The standard InChI is InChI=1S/C11H12N2O2/c14-10-3-1-2-8(6-10)7-12-13-11(15)9-4-5-9/h1-3,6-7,9,14H,4-5H2,(H,13,15). The van der Waals surface area contributed by atoms with E-state index < -0.39 is 0 Å². The Morgan fingerprint density at radius 2 is 2.33 bits per heavy atom. The number of aromatic hydroxyl groups is 1. The highest BCUT2D eigenvalue weighted by Crippen LogP contribution is 2.28. The van der Waals surface area contributed by atoms with Crippen LogP contribution in [0.2, 0.25) is 0 Å². The maximum atomic E-state index is 11.2. The smallest absolute Gasteiger partial charge is 0.243 e. The highest BCUT2D eigenvalue weighted by Gasteiger charge is 2.29. The average Bonchev–Trinajstić information content (AvgIpc) is 3.00. The van der Waals surface area contributed by atoms with Gasteiger partial charge in [-0.15, -0.1) is 0 Å². The van der Waals surface area contributed by atoms with Gasteiger partial charge in [-0.2, -0.15) is 5.10 Å². The summed E-state index contributed by atoms with van der Waals surface area (Å²) in [4.78, 5) is 11.2. The second-order valence-corrected chi connectivity index (χ2v) is 3.60. The van der Waals surface area contributed by atoms with Crippen molar-refractivity contribution in [1.82, 2.24) is 5.43 Å². The van der Waals surface area contributed by atoms with Gasteiger partial charge in [0.1, 0.15) is 5.75 Å². The molecule has 0 atom stereocenters. The Kier molecular flexibility index (Phi) is 2.67. The van der Waals surface area contributed by atoms with E-state index >= 15 is 0 Å². The first-order chi connectivity index (χ1) is 7.25. The second-order valence-electron chi connectivity index (χ2n) is 3.60. The van der Waals surface area contributed by atoms with Crippen LogP contribution < -0.4 is 5.43 Å². The number of benzene rings is 1. The number of phenolic OH excluding ortho intramolecular Hbond substituents is 1. The summed E-state index contributed by atoms with van der Waals surface area (Å²) in [6.07, 6.45) is 3.45. The minimum Gasteiger partial charge on any atom is -0.508 e. The summed E-state index contributed by atoms with van der Waals surface area (Å²) in [5.41, 5.74) is 3.22. The largest absolute Gasteiger partial charge is 0.508 e. The van der Waals surface area contributed by atoms with Gasteiger partial charge in [0.05, 0.1) is 6.21 Å². The van der Waals surface area contributed by atoms with Gasteiger partial charge in [-0.25, -0.2) is 5.43 Å². The lowest BCUT2D eigenvalue weighted by Gasteiger charge is -1.96. The number of nitrogens with one attached hydrogen (secondary N) is 1. The Balaban J connectivity index is 1.90. The summed E-state index contributed by atoms with van der Waals surface area (Å²) in [5.74, 6) is 0.324. The van der Waals surface area contributed by atoms with E-state index in [1.54, 1.807) is 24.3 Å². The van der Waals surface area contributed by atoms with E-state index in [0.29, 0.717) is 0 Å². The Morgan fingerprint density at radius 1 is 1.53 bits per heavy atom. The normalized spacial score (nSPS) is 15.5. The first-order valence-electron chi connectivity index (χ1n) is 4.87. The molecule has 1 aliphatic carbocycles. The lowest BCUT2D eigenvalue weighted by Crippen LogP contribution is -2.18. The minimum absolute atomic E-state index is 0.0218. The van der Waals surface area contributed by atoms with E-state index in [1.807, 2.05) is 0 Å². The second kappa shape index (κ2) is 4.13. The van der Waals surface area contributed by atoms with E-state index in [1.165, 1.54) is 6.21 Å². The lowest BCUT2D eigenvalue weighted by molar-refractivity contribution is -0.122. The molecule has 15 heavy (non-hydrogen) atoms. The number of amides is 1. The summed E-state index contributed by atoms with van der Waals surface area (Å²) in [6, 6.07) is 6.68. The predicted octanol–water partition coefficient (Wildman–Crippen LogP) is 1.25. The van der Waals surface area contributed by atoms with Crippen LogP contribution in [-0.2, 0) is 4.79 Å². The van der Waals surface area contributed by atoms with Crippen molar-refractivity contribution in [3.8, 4) is 5.75 Å². The molecule has 4 nitrogen and oxygen atoms in total. The Hall–Kier alpha value is -1.84. The summed E-state index contributed by atoms with van der Waals surface area (Å²) in [6.45, 7) is 0. The van der Waals surface area contributed by atoms with E-state index in [4.69, 9.17) is 0 Å². The highest BCUT2D eigenvalue weighted by atomic mass is 16.3. The zero-order valence-corrected chi connectivity index (χ0v) is 8.18. The van der Waals surface area contributed by atoms with Gasteiger partial charge in [0.25, 0.3) is 0 Å². The van der Waals surface area contributed by atoms with Crippen LogP contribution in [0.15, 0.2) is 29.4 Å². The van der Waals surface area contributed by atoms with Gasteiger partial charge in [0, 0.05) is 5.92 Å². The lowest BCUT2D eigenvalue weighted by atomic mass is 10.2. The maximum absolute atomic E-state index is 11.2. The summed E-state index contributed by atoms with van der Waals surface area (Å²) < 4.78 is 0. The number of rotatable bonds is 3. The van der Waals surface area contributed by atoms with Crippen LogP contribution in [0.3, 0.4) is 0 Å². The van der Waals surface area contributed by atoms with Crippen LogP contribution in [0.1, 0.15) is 18.4 Å². The number of carbonyl (C=O) groups is 1.